The Morgan fingerprint density at radius 1 is 1.23 bits per heavy atom. The van der Waals surface area contributed by atoms with Gasteiger partial charge in [0.2, 0.25) is 5.95 Å². The quantitative estimate of drug-likeness (QED) is 0.734. The normalized spacial score (nSPS) is 27.5. The molecule has 31 heavy (non-hydrogen) atoms. The Hall–Kier alpha value is -2.56. The largest absolute Gasteiger partial charge is 0.487 e. The van der Waals surface area contributed by atoms with Crippen molar-refractivity contribution >= 4 is 17.6 Å². The third-order valence-corrected chi connectivity index (χ3v) is 6.13. The number of ether oxygens (including phenoxy) is 2. The summed E-state index contributed by atoms with van der Waals surface area (Å²) in [4.78, 5) is 8.12. The van der Waals surface area contributed by atoms with E-state index in [2.05, 4.69) is 27.5 Å². The van der Waals surface area contributed by atoms with E-state index in [4.69, 9.17) is 14.6 Å². The Morgan fingerprint density at radius 2 is 2.00 bits per heavy atom. The lowest BCUT2D eigenvalue weighted by atomic mass is 10.0. The second-order valence-corrected chi connectivity index (χ2v) is 8.86. The maximum Gasteiger partial charge on any atom is 0.421 e. The van der Waals surface area contributed by atoms with Gasteiger partial charge in [-0.3, -0.25) is 0 Å². The predicted molar refractivity (Wildman–Crippen MR) is 107 cm³/mol. The Labute approximate surface area is 177 Å². The molecule has 2 N–H and O–H groups in total. The van der Waals surface area contributed by atoms with Crippen LogP contribution in [0.2, 0.25) is 0 Å². The zero-order valence-electron chi connectivity index (χ0n) is 17.5. The van der Waals surface area contributed by atoms with Crippen LogP contribution in [0.1, 0.15) is 50.4 Å². The summed E-state index contributed by atoms with van der Waals surface area (Å²) in [5.74, 6) is 1.67. The first kappa shape index (κ1) is 20.3. The molecule has 2 aliphatic heterocycles. The molecular formula is C20H25F3N6O2. The summed E-state index contributed by atoms with van der Waals surface area (Å²) in [6.07, 6.45) is -2.74. The highest BCUT2D eigenvalue weighted by atomic mass is 19.4. The van der Waals surface area contributed by atoms with Gasteiger partial charge in [0.05, 0.1) is 25.9 Å². The monoisotopic (exact) mass is 438 g/mol. The van der Waals surface area contributed by atoms with Gasteiger partial charge in [-0.1, -0.05) is 6.92 Å². The summed E-state index contributed by atoms with van der Waals surface area (Å²) in [7, 11) is 0. The third-order valence-electron chi connectivity index (χ3n) is 6.13. The molecule has 1 unspecified atom stereocenters. The van der Waals surface area contributed by atoms with Crippen molar-refractivity contribution in [2.45, 2.75) is 51.4 Å². The number of anilines is 3. The number of nitrogens with zero attached hydrogens (tertiary/aromatic N) is 4. The van der Waals surface area contributed by atoms with E-state index in [9.17, 15) is 13.2 Å². The summed E-state index contributed by atoms with van der Waals surface area (Å²) in [5.41, 5.74) is -0.0348. The van der Waals surface area contributed by atoms with Crippen molar-refractivity contribution in [2.75, 3.05) is 30.5 Å². The van der Waals surface area contributed by atoms with Crippen molar-refractivity contribution in [1.82, 2.24) is 19.7 Å². The molecule has 2 aromatic rings. The van der Waals surface area contributed by atoms with E-state index in [0.717, 1.165) is 18.3 Å². The van der Waals surface area contributed by atoms with Crippen LogP contribution in [0.5, 0.6) is 5.75 Å². The van der Waals surface area contributed by atoms with Gasteiger partial charge in [0, 0.05) is 24.1 Å². The van der Waals surface area contributed by atoms with Gasteiger partial charge < -0.3 is 20.1 Å². The zero-order chi connectivity index (χ0) is 21.9. The van der Waals surface area contributed by atoms with E-state index in [0.29, 0.717) is 36.6 Å². The van der Waals surface area contributed by atoms with E-state index in [1.165, 1.54) is 0 Å². The lowest BCUT2D eigenvalue weighted by molar-refractivity contribution is -0.137. The number of nitrogens with one attached hydrogen (secondary N) is 2. The van der Waals surface area contributed by atoms with E-state index in [1.54, 1.807) is 4.68 Å². The smallest absolute Gasteiger partial charge is 0.421 e. The predicted octanol–water partition coefficient (Wildman–Crippen LogP) is 3.96. The second kappa shape index (κ2) is 7.25. The molecule has 2 bridgehead atoms. The summed E-state index contributed by atoms with van der Waals surface area (Å²) < 4.78 is 54.3. The Kier molecular flexibility index (Phi) is 4.76. The highest BCUT2D eigenvalue weighted by Gasteiger charge is 2.42. The van der Waals surface area contributed by atoms with Crippen molar-refractivity contribution in [2.24, 2.45) is 11.8 Å². The van der Waals surface area contributed by atoms with Crippen LogP contribution in [0.4, 0.5) is 30.8 Å². The summed E-state index contributed by atoms with van der Waals surface area (Å²) in [6, 6.07) is -0.346. The molecule has 3 aliphatic rings. The van der Waals surface area contributed by atoms with Gasteiger partial charge in [-0.25, -0.2) is 9.67 Å². The van der Waals surface area contributed by atoms with Crippen LogP contribution in [0, 0.1) is 11.8 Å². The first-order valence-electron chi connectivity index (χ1n) is 10.5. The maximum atomic E-state index is 13.6. The van der Waals surface area contributed by atoms with Crippen molar-refractivity contribution in [3.8, 4) is 5.75 Å². The maximum absolute atomic E-state index is 13.6. The SMILES string of the molecule is CC(C)n1nc(C2C[C@@H]2C)c2c1Nc1ncc(C(F)(F)F)c(n1)N[C@@H]1COC[C@H]1CO2. The number of hydrogen-bond acceptors (Lipinski definition) is 7. The minimum absolute atomic E-state index is 0.00684. The van der Waals surface area contributed by atoms with Gasteiger partial charge >= 0.3 is 6.18 Å². The van der Waals surface area contributed by atoms with Crippen LogP contribution >= 0.6 is 0 Å². The summed E-state index contributed by atoms with van der Waals surface area (Å²) >= 11 is 0. The molecule has 2 aromatic heterocycles. The highest BCUT2D eigenvalue weighted by molar-refractivity contribution is 5.63. The lowest BCUT2D eigenvalue weighted by Crippen LogP contribution is -2.33. The minimum atomic E-state index is -4.58. The fourth-order valence-corrected chi connectivity index (χ4v) is 4.17. The van der Waals surface area contributed by atoms with Crippen LogP contribution in [-0.4, -0.2) is 45.6 Å². The van der Waals surface area contributed by atoms with Gasteiger partial charge in [-0.05, 0) is 26.2 Å². The molecule has 1 saturated heterocycles. The molecule has 168 valence electrons. The van der Waals surface area contributed by atoms with Gasteiger partial charge in [0.1, 0.15) is 17.1 Å². The third kappa shape index (κ3) is 3.68. The Morgan fingerprint density at radius 3 is 2.68 bits per heavy atom. The average molecular weight is 438 g/mol. The second-order valence-electron chi connectivity index (χ2n) is 8.86. The first-order valence-corrected chi connectivity index (χ1v) is 10.5. The topological polar surface area (TPSA) is 86.1 Å². The Bertz CT molecular complexity index is 992. The van der Waals surface area contributed by atoms with Crippen LogP contribution in [0.25, 0.3) is 0 Å². The molecule has 4 heterocycles. The molecule has 11 heteroatoms. The summed E-state index contributed by atoms with van der Waals surface area (Å²) in [5, 5.41) is 10.8. The molecule has 5 rings (SSSR count). The number of halogens is 3. The van der Waals surface area contributed by atoms with Crippen molar-refractivity contribution < 1.29 is 22.6 Å². The molecule has 0 spiro atoms. The number of hydrogen-bond donors (Lipinski definition) is 2. The molecule has 0 radical (unpaired) electrons. The number of fused-ring (bicyclic) bond motifs is 4. The number of rotatable bonds is 2. The average Bonchev–Trinajstić information content (AvgIpc) is 3.08. The molecule has 1 aliphatic carbocycles. The molecular weight excluding hydrogens is 413 g/mol. The zero-order valence-corrected chi connectivity index (χ0v) is 17.5. The minimum Gasteiger partial charge on any atom is -0.487 e. The van der Waals surface area contributed by atoms with Gasteiger partial charge in [-0.2, -0.15) is 23.3 Å². The molecule has 0 aromatic carbocycles. The first-order chi connectivity index (χ1) is 14.7. The van der Waals surface area contributed by atoms with Gasteiger partial charge in [0.25, 0.3) is 0 Å². The van der Waals surface area contributed by atoms with Gasteiger partial charge in [0.15, 0.2) is 11.6 Å². The van der Waals surface area contributed by atoms with E-state index in [-0.39, 0.29) is 36.4 Å². The van der Waals surface area contributed by atoms with Crippen LogP contribution in [0.3, 0.4) is 0 Å². The van der Waals surface area contributed by atoms with Crippen LogP contribution in [-0.2, 0) is 10.9 Å². The van der Waals surface area contributed by atoms with Crippen LogP contribution < -0.4 is 15.4 Å². The van der Waals surface area contributed by atoms with Crippen molar-refractivity contribution in [1.29, 1.82) is 0 Å². The standard InChI is InChI=1S/C20H25F3N6O2/c1-9(2)29-18-16(15(28-29)12-4-10(12)3)31-7-11-6-30-8-14(11)25-17-13(20(21,22)23)5-24-19(26-17)27-18/h5,9-12,14H,4,6-8H2,1-3H3,(H2,24,25,26,27)/t10-,11-,12?,14+/m0/s1. The molecule has 2 fully saturated rings. The molecule has 0 amide bonds. The van der Waals surface area contributed by atoms with Crippen LogP contribution in [0.15, 0.2) is 6.20 Å². The number of alkyl halides is 3. The molecule has 8 nitrogen and oxygen atoms in total. The lowest BCUT2D eigenvalue weighted by Gasteiger charge is -2.21. The number of aromatic nitrogens is 4. The van der Waals surface area contributed by atoms with E-state index >= 15 is 0 Å². The van der Waals surface area contributed by atoms with E-state index < -0.39 is 11.7 Å². The fourth-order valence-electron chi connectivity index (χ4n) is 4.17. The van der Waals surface area contributed by atoms with E-state index in [1.807, 2.05) is 13.8 Å². The summed E-state index contributed by atoms with van der Waals surface area (Å²) in [6.45, 7) is 7.12. The Balaban J connectivity index is 1.64. The molecule has 4 atom stereocenters. The molecule has 1 saturated carbocycles. The highest BCUT2D eigenvalue weighted by Crippen LogP contribution is 2.52. The van der Waals surface area contributed by atoms with Crippen molar-refractivity contribution in [3.05, 3.63) is 17.5 Å². The fraction of sp³-hybridized carbons (Fsp3) is 0.650. The van der Waals surface area contributed by atoms with Crippen molar-refractivity contribution in [3.63, 3.8) is 0 Å². The van der Waals surface area contributed by atoms with Gasteiger partial charge in [-0.15, -0.1) is 0 Å².